The van der Waals surface area contributed by atoms with Crippen LogP contribution in [0.25, 0.3) is 0 Å². The number of amides is 1. The van der Waals surface area contributed by atoms with E-state index in [1.54, 1.807) is 42.5 Å². The van der Waals surface area contributed by atoms with Crippen LogP contribution in [0.1, 0.15) is 29.8 Å². The van der Waals surface area contributed by atoms with Crippen LogP contribution in [0.3, 0.4) is 0 Å². The Hall–Kier alpha value is -2.34. The number of carbonyl (C=O) groups is 2. The molecular formula is C19H20FNO3S. The van der Waals surface area contributed by atoms with E-state index >= 15 is 0 Å². The normalized spacial score (nSPS) is 10.6. The molecule has 1 amide bonds. The van der Waals surface area contributed by atoms with Crippen molar-refractivity contribution >= 4 is 23.6 Å². The summed E-state index contributed by atoms with van der Waals surface area (Å²) in [6.45, 7) is 3.63. The third kappa shape index (κ3) is 5.90. The van der Waals surface area contributed by atoms with E-state index in [2.05, 4.69) is 5.32 Å². The average Bonchev–Trinajstić information content (AvgIpc) is 2.58. The topological polar surface area (TPSA) is 55.4 Å². The molecule has 132 valence electrons. The lowest BCUT2D eigenvalue weighted by Gasteiger charge is -2.11. The molecule has 2 aromatic carbocycles. The Bertz CT molecular complexity index is 749. The van der Waals surface area contributed by atoms with Crippen molar-refractivity contribution in [2.45, 2.75) is 31.4 Å². The zero-order chi connectivity index (χ0) is 18.2. The number of carbonyl (C=O) groups excluding carboxylic acids is 2. The van der Waals surface area contributed by atoms with Crippen LogP contribution in [0.2, 0.25) is 0 Å². The largest absolute Gasteiger partial charge is 0.457 e. The molecule has 25 heavy (non-hydrogen) atoms. The zero-order valence-electron chi connectivity index (χ0n) is 14.1. The summed E-state index contributed by atoms with van der Waals surface area (Å²) in [6, 6.07) is 13.1. The van der Waals surface area contributed by atoms with Crippen molar-refractivity contribution in [3.05, 3.63) is 65.5 Å². The quantitative estimate of drug-likeness (QED) is 0.602. The smallest absolute Gasteiger partial charge is 0.339 e. The predicted molar refractivity (Wildman–Crippen MR) is 96.0 cm³/mol. The van der Waals surface area contributed by atoms with E-state index in [0.717, 1.165) is 0 Å². The maximum Gasteiger partial charge on any atom is 0.339 e. The molecule has 2 rings (SSSR count). The Morgan fingerprint density at radius 3 is 2.52 bits per heavy atom. The van der Waals surface area contributed by atoms with E-state index in [-0.39, 0.29) is 24.3 Å². The van der Waals surface area contributed by atoms with Crippen LogP contribution in [0.5, 0.6) is 0 Å². The molecule has 0 radical (unpaired) electrons. The molecule has 0 saturated carbocycles. The van der Waals surface area contributed by atoms with Gasteiger partial charge in [-0.2, -0.15) is 0 Å². The first-order chi connectivity index (χ1) is 12.0. The highest BCUT2D eigenvalue weighted by molar-refractivity contribution is 8.00. The molecule has 0 heterocycles. The van der Waals surface area contributed by atoms with Crippen molar-refractivity contribution in [3.63, 3.8) is 0 Å². The van der Waals surface area contributed by atoms with E-state index in [4.69, 9.17) is 4.74 Å². The van der Waals surface area contributed by atoms with Gasteiger partial charge in [0.2, 0.25) is 5.91 Å². The van der Waals surface area contributed by atoms with Crippen LogP contribution in [-0.2, 0) is 16.1 Å². The molecule has 6 heteroatoms. The summed E-state index contributed by atoms with van der Waals surface area (Å²) in [6.07, 6.45) is 0. The molecule has 2 aromatic rings. The summed E-state index contributed by atoms with van der Waals surface area (Å²) in [7, 11) is 0. The van der Waals surface area contributed by atoms with Crippen LogP contribution in [0, 0.1) is 5.82 Å². The fourth-order valence-electron chi connectivity index (χ4n) is 2.10. The Labute approximate surface area is 150 Å². The molecule has 0 fully saturated rings. The van der Waals surface area contributed by atoms with Gasteiger partial charge in [-0.15, -0.1) is 11.8 Å². The maximum atomic E-state index is 13.6. The Balaban J connectivity index is 2.00. The molecule has 0 aliphatic rings. The first kappa shape index (κ1) is 19.0. The summed E-state index contributed by atoms with van der Waals surface area (Å²) in [5.41, 5.74) is 0.679. The Kier molecular flexibility index (Phi) is 7.01. The number of hydrogen-bond acceptors (Lipinski definition) is 4. The monoisotopic (exact) mass is 361 g/mol. The minimum absolute atomic E-state index is 0.0640. The first-order valence-electron chi connectivity index (χ1n) is 7.89. The van der Waals surface area contributed by atoms with Gasteiger partial charge in [0, 0.05) is 16.5 Å². The molecule has 4 nitrogen and oxygen atoms in total. The van der Waals surface area contributed by atoms with Gasteiger partial charge in [-0.25, -0.2) is 9.18 Å². The van der Waals surface area contributed by atoms with Crippen molar-refractivity contribution in [2.75, 3.05) is 5.75 Å². The van der Waals surface area contributed by atoms with Crippen molar-refractivity contribution in [2.24, 2.45) is 0 Å². The second-order valence-corrected chi connectivity index (χ2v) is 6.69. The molecule has 0 saturated heterocycles. The van der Waals surface area contributed by atoms with Crippen molar-refractivity contribution in [3.8, 4) is 0 Å². The number of rotatable bonds is 7. The van der Waals surface area contributed by atoms with Crippen LogP contribution < -0.4 is 5.32 Å². The minimum atomic E-state index is -0.546. The van der Waals surface area contributed by atoms with Crippen LogP contribution in [-0.4, -0.2) is 23.7 Å². The van der Waals surface area contributed by atoms with Crippen molar-refractivity contribution in [1.29, 1.82) is 0 Å². The number of halogens is 1. The number of hydrogen-bond donors (Lipinski definition) is 1. The summed E-state index contributed by atoms with van der Waals surface area (Å²) in [4.78, 5) is 24.7. The summed E-state index contributed by atoms with van der Waals surface area (Å²) in [5, 5.41) is 2.80. The molecule has 1 N–H and O–H groups in total. The fraction of sp³-hybridized carbons (Fsp3) is 0.263. The highest BCUT2D eigenvalue weighted by atomic mass is 32.2. The number of nitrogens with one attached hydrogen (secondary N) is 1. The Morgan fingerprint density at radius 2 is 1.80 bits per heavy atom. The fourth-order valence-corrected chi connectivity index (χ4v) is 2.96. The third-order valence-corrected chi connectivity index (χ3v) is 4.31. The summed E-state index contributed by atoms with van der Waals surface area (Å²) < 4.78 is 18.8. The Morgan fingerprint density at radius 1 is 1.12 bits per heavy atom. The highest BCUT2D eigenvalue weighted by Crippen LogP contribution is 2.23. The summed E-state index contributed by atoms with van der Waals surface area (Å²) in [5.74, 6) is -0.857. The molecule has 0 aliphatic carbocycles. The standard InChI is InChI=1S/C19H20FNO3S/c1-13(2)21-18(22)12-25-17-10-6-4-8-15(17)19(23)24-11-14-7-3-5-9-16(14)20/h3-10,13H,11-12H2,1-2H3,(H,21,22). The number of thioether (sulfide) groups is 1. The molecule has 0 atom stereocenters. The van der Waals surface area contributed by atoms with E-state index in [9.17, 15) is 14.0 Å². The van der Waals surface area contributed by atoms with Gasteiger partial charge in [-0.3, -0.25) is 4.79 Å². The van der Waals surface area contributed by atoms with E-state index < -0.39 is 11.8 Å². The van der Waals surface area contributed by atoms with Gasteiger partial charge in [-0.1, -0.05) is 30.3 Å². The number of ether oxygens (including phenoxy) is 1. The molecule has 0 bridgehead atoms. The van der Waals surface area contributed by atoms with Crippen molar-refractivity contribution in [1.82, 2.24) is 5.32 Å². The van der Waals surface area contributed by atoms with Crippen molar-refractivity contribution < 1.29 is 18.7 Å². The van der Waals surface area contributed by atoms with Gasteiger partial charge in [0.1, 0.15) is 12.4 Å². The van der Waals surface area contributed by atoms with Crippen LogP contribution >= 0.6 is 11.8 Å². The molecule has 0 unspecified atom stereocenters. The lowest BCUT2D eigenvalue weighted by Crippen LogP contribution is -2.31. The van der Waals surface area contributed by atoms with Gasteiger partial charge >= 0.3 is 5.97 Å². The van der Waals surface area contributed by atoms with Gasteiger partial charge < -0.3 is 10.1 Å². The second kappa shape index (κ2) is 9.22. The summed E-state index contributed by atoms with van der Waals surface area (Å²) >= 11 is 1.26. The second-order valence-electron chi connectivity index (χ2n) is 5.67. The van der Waals surface area contributed by atoms with Crippen LogP contribution in [0.4, 0.5) is 4.39 Å². The minimum Gasteiger partial charge on any atom is -0.457 e. The van der Waals surface area contributed by atoms with Gasteiger partial charge in [0.15, 0.2) is 0 Å². The molecular weight excluding hydrogens is 341 g/mol. The lowest BCUT2D eigenvalue weighted by molar-refractivity contribution is -0.119. The molecule has 0 spiro atoms. The number of esters is 1. The predicted octanol–water partition coefficient (Wildman–Crippen LogP) is 3.80. The van der Waals surface area contributed by atoms with Gasteiger partial charge in [0.05, 0.1) is 11.3 Å². The SMILES string of the molecule is CC(C)NC(=O)CSc1ccccc1C(=O)OCc1ccccc1F. The zero-order valence-corrected chi connectivity index (χ0v) is 14.9. The average molecular weight is 361 g/mol. The van der Waals surface area contributed by atoms with Gasteiger partial charge in [0.25, 0.3) is 0 Å². The van der Waals surface area contributed by atoms with Crippen LogP contribution in [0.15, 0.2) is 53.4 Å². The highest BCUT2D eigenvalue weighted by Gasteiger charge is 2.15. The third-order valence-electron chi connectivity index (χ3n) is 3.23. The molecule has 0 aromatic heterocycles. The van der Waals surface area contributed by atoms with Gasteiger partial charge in [-0.05, 0) is 32.0 Å². The van der Waals surface area contributed by atoms with E-state index in [1.165, 1.54) is 17.8 Å². The molecule has 0 aliphatic heterocycles. The number of benzene rings is 2. The maximum absolute atomic E-state index is 13.6. The lowest BCUT2D eigenvalue weighted by atomic mass is 10.2. The van der Waals surface area contributed by atoms with E-state index in [1.807, 2.05) is 13.8 Å². The van der Waals surface area contributed by atoms with E-state index in [0.29, 0.717) is 16.0 Å². The first-order valence-corrected chi connectivity index (χ1v) is 8.87.